The average Bonchev–Trinajstić information content (AvgIpc) is 2.48. The van der Waals surface area contributed by atoms with Gasteiger partial charge in [0.15, 0.2) is 0 Å². The highest BCUT2D eigenvalue weighted by Crippen LogP contribution is 2.17. The number of benzene rings is 1. The van der Waals surface area contributed by atoms with E-state index in [2.05, 4.69) is 14.2 Å². The normalized spacial score (nSPS) is 11.4. The molecule has 0 saturated carbocycles. The van der Waals surface area contributed by atoms with Gasteiger partial charge in [-0.05, 0) is 24.2 Å². The highest BCUT2D eigenvalue weighted by Gasteiger charge is 2.20. The van der Waals surface area contributed by atoms with Crippen molar-refractivity contribution in [3.05, 3.63) is 34.4 Å². The number of non-ortho nitro benzene ring substituents is 1. The first-order chi connectivity index (χ1) is 10.3. The Morgan fingerprint density at radius 1 is 1.41 bits per heavy atom. The van der Waals surface area contributed by atoms with Gasteiger partial charge in [0, 0.05) is 12.1 Å². The van der Waals surface area contributed by atoms with Gasteiger partial charge in [-0.3, -0.25) is 14.4 Å². The Kier molecular flexibility index (Phi) is 5.53. The molecule has 0 fully saturated rings. The molecule has 0 N–H and O–H groups in total. The minimum atomic E-state index is -4.43. The molecule has 0 radical (unpaired) electrons. The maximum atomic E-state index is 11.8. The molecule has 0 bridgehead atoms. The molecule has 0 aliphatic rings. The second-order valence-corrected chi connectivity index (χ2v) is 5.08. The second kappa shape index (κ2) is 7.14. The fraction of sp³-hybridized carbons (Fsp3) is 0.182. The number of esters is 1. The first-order valence-electron chi connectivity index (χ1n) is 5.65. The summed E-state index contributed by atoms with van der Waals surface area (Å²) >= 11 is 0. The van der Waals surface area contributed by atoms with Crippen LogP contribution in [0.2, 0.25) is 0 Å². The Hall–Kier alpha value is -3.00. The van der Waals surface area contributed by atoms with E-state index in [9.17, 15) is 23.3 Å². The van der Waals surface area contributed by atoms with E-state index in [4.69, 9.17) is 5.26 Å². The van der Waals surface area contributed by atoms with Gasteiger partial charge in [0.25, 0.3) is 11.4 Å². The van der Waals surface area contributed by atoms with E-state index in [-0.39, 0.29) is 12.3 Å². The quantitative estimate of drug-likeness (QED) is 0.321. The molecule has 1 aromatic carbocycles. The Balaban J connectivity index is 2.98. The number of rotatable bonds is 6. The predicted molar refractivity (Wildman–Crippen MR) is 71.0 cm³/mol. The van der Waals surface area contributed by atoms with Crippen molar-refractivity contribution in [2.24, 2.45) is 5.16 Å². The molecule has 116 valence electrons. The molecule has 11 heteroatoms. The zero-order valence-corrected chi connectivity index (χ0v) is 11.9. The first kappa shape index (κ1) is 17.1. The van der Waals surface area contributed by atoms with Crippen molar-refractivity contribution in [2.75, 3.05) is 6.61 Å². The van der Waals surface area contributed by atoms with Crippen LogP contribution >= 0.6 is 0 Å². The number of oxime groups is 1. The molecule has 1 aromatic rings. The molecule has 0 aliphatic carbocycles. The standard InChI is InChI=1S/C11H9N3O7S/c1-2-20-11(15)10(7-12)13-21-22(18,19)9-5-3-8(4-6-9)14(16)17/h3-6H,2H2,1H3/b13-10+. The number of carbonyl (C=O) groups is 1. The summed E-state index contributed by atoms with van der Waals surface area (Å²) in [5.74, 6) is -1.14. The summed E-state index contributed by atoms with van der Waals surface area (Å²) in [4.78, 5) is 20.6. The molecule has 10 nitrogen and oxygen atoms in total. The maximum absolute atomic E-state index is 11.8. The van der Waals surface area contributed by atoms with Crippen molar-refractivity contribution in [1.29, 1.82) is 5.26 Å². The smallest absolute Gasteiger partial charge is 0.371 e. The number of hydrogen-bond donors (Lipinski definition) is 0. The van der Waals surface area contributed by atoms with E-state index in [1.807, 2.05) is 0 Å². The summed E-state index contributed by atoms with van der Waals surface area (Å²) in [5.41, 5.74) is -1.20. The van der Waals surface area contributed by atoms with E-state index in [1.165, 1.54) is 13.0 Å². The lowest BCUT2D eigenvalue weighted by Gasteiger charge is -2.02. The van der Waals surface area contributed by atoms with Crippen LogP contribution in [0.15, 0.2) is 34.3 Å². The number of nitro benzene ring substituents is 1. The van der Waals surface area contributed by atoms with Crippen LogP contribution < -0.4 is 0 Å². The Labute approximate surface area is 124 Å². The van der Waals surface area contributed by atoms with Crippen molar-refractivity contribution in [2.45, 2.75) is 11.8 Å². The van der Waals surface area contributed by atoms with Crippen molar-refractivity contribution < 1.29 is 27.2 Å². The van der Waals surface area contributed by atoms with Gasteiger partial charge >= 0.3 is 16.1 Å². The van der Waals surface area contributed by atoms with Crippen LogP contribution in [0.3, 0.4) is 0 Å². The monoisotopic (exact) mass is 327 g/mol. The second-order valence-electron chi connectivity index (χ2n) is 3.55. The van der Waals surface area contributed by atoms with Gasteiger partial charge in [0.2, 0.25) is 0 Å². The zero-order chi connectivity index (χ0) is 16.8. The lowest BCUT2D eigenvalue weighted by molar-refractivity contribution is -0.384. The summed E-state index contributed by atoms with van der Waals surface area (Å²) in [6, 6.07) is 5.10. The molecular formula is C11H9N3O7S. The van der Waals surface area contributed by atoms with Crippen molar-refractivity contribution >= 4 is 27.5 Å². The van der Waals surface area contributed by atoms with E-state index < -0.39 is 31.6 Å². The zero-order valence-electron chi connectivity index (χ0n) is 11.1. The fourth-order valence-electron chi connectivity index (χ4n) is 1.17. The highest BCUT2D eigenvalue weighted by molar-refractivity contribution is 7.86. The van der Waals surface area contributed by atoms with Crippen LogP contribution in [-0.2, 0) is 23.9 Å². The van der Waals surface area contributed by atoms with Gasteiger partial charge in [-0.1, -0.05) is 0 Å². The van der Waals surface area contributed by atoms with Gasteiger partial charge in [0.05, 0.1) is 11.5 Å². The third kappa shape index (κ3) is 4.25. The molecule has 0 heterocycles. The van der Waals surface area contributed by atoms with Crippen molar-refractivity contribution in [3.63, 3.8) is 0 Å². The SMILES string of the molecule is CCOC(=O)/C(C#N)=N/OS(=O)(=O)c1ccc([N+](=O)[O-])cc1. The van der Waals surface area contributed by atoms with Gasteiger partial charge < -0.3 is 4.74 Å². The number of carbonyl (C=O) groups excluding carboxylic acids is 1. The topological polar surface area (TPSA) is 149 Å². The van der Waals surface area contributed by atoms with Gasteiger partial charge in [-0.25, -0.2) is 4.79 Å². The summed E-state index contributed by atoms with van der Waals surface area (Å²) in [6.07, 6.45) is 0. The summed E-state index contributed by atoms with van der Waals surface area (Å²) < 4.78 is 32.2. The number of ether oxygens (including phenoxy) is 1. The van der Waals surface area contributed by atoms with Crippen molar-refractivity contribution in [3.8, 4) is 6.07 Å². The van der Waals surface area contributed by atoms with E-state index in [0.29, 0.717) is 0 Å². The summed E-state index contributed by atoms with van der Waals surface area (Å²) in [5, 5.41) is 22.0. The predicted octanol–water partition coefficient (Wildman–Crippen LogP) is 0.743. The van der Waals surface area contributed by atoms with Gasteiger partial charge in [0.1, 0.15) is 11.0 Å². The van der Waals surface area contributed by atoms with Gasteiger partial charge in [-0.15, -0.1) is 0 Å². The van der Waals surface area contributed by atoms with Crippen molar-refractivity contribution in [1.82, 2.24) is 0 Å². The van der Waals surface area contributed by atoms with E-state index >= 15 is 0 Å². The fourth-order valence-corrected chi connectivity index (χ4v) is 1.89. The number of nitriles is 1. The van der Waals surface area contributed by atoms with Crippen LogP contribution in [0.1, 0.15) is 6.92 Å². The summed E-state index contributed by atoms with van der Waals surface area (Å²) in [7, 11) is -4.43. The van der Waals surface area contributed by atoms with Crippen LogP contribution in [0.25, 0.3) is 0 Å². The number of nitro groups is 1. The lowest BCUT2D eigenvalue weighted by atomic mass is 10.3. The Morgan fingerprint density at radius 3 is 2.45 bits per heavy atom. The van der Waals surface area contributed by atoms with Crippen LogP contribution in [0, 0.1) is 21.4 Å². The molecule has 0 saturated heterocycles. The van der Waals surface area contributed by atoms with Crippen LogP contribution in [-0.4, -0.2) is 31.6 Å². The minimum Gasteiger partial charge on any atom is -0.461 e. The third-order valence-corrected chi connectivity index (χ3v) is 3.26. The highest BCUT2D eigenvalue weighted by atomic mass is 32.2. The Bertz CT molecular complexity index is 747. The van der Waals surface area contributed by atoms with Crippen LogP contribution in [0.4, 0.5) is 5.69 Å². The number of hydrogen-bond acceptors (Lipinski definition) is 9. The molecule has 0 aliphatic heterocycles. The molecule has 0 aromatic heterocycles. The third-order valence-electron chi connectivity index (χ3n) is 2.14. The average molecular weight is 327 g/mol. The molecule has 0 unspecified atom stereocenters. The first-order valence-corrected chi connectivity index (χ1v) is 7.06. The summed E-state index contributed by atoms with van der Waals surface area (Å²) in [6.45, 7) is 1.45. The molecule has 1 rings (SSSR count). The maximum Gasteiger partial charge on any atom is 0.371 e. The lowest BCUT2D eigenvalue weighted by Crippen LogP contribution is -2.17. The Morgan fingerprint density at radius 2 is 2.00 bits per heavy atom. The molecular weight excluding hydrogens is 318 g/mol. The van der Waals surface area contributed by atoms with Gasteiger partial charge in [-0.2, -0.15) is 13.7 Å². The molecule has 22 heavy (non-hydrogen) atoms. The molecule has 0 atom stereocenters. The van der Waals surface area contributed by atoms with E-state index in [0.717, 1.165) is 24.3 Å². The number of nitrogens with zero attached hydrogens (tertiary/aromatic N) is 3. The minimum absolute atomic E-state index is 0.0331. The van der Waals surface area contributed by atoms with Crippen LogP contribution in [0.5, 0.6) is 0 Å². The molecule has 0 amide bonds. The molecule has 0 spiro atoms. The largest absolute Gasteiger partial charge is 0.461 e. The van der Waals surface area contributed by atoms with E-state index in [1.54, 1.807) is 0 Å².